The number of aliphatic hydroxyl groups excluding tert-OH is 1. The van der Waals surface area contributed by atoms with Crippen molar-refractivity contribution in [2.24, 2.45) is 0 Å². The Balaban J connectivity index is 0. The Bertz CT molecular complexity index is 260. The summed E-state index contributed by atoms with van der Waals surface area (Å²) < 4.78 is 0. The van der Waals surface area contributed by atoms with Crippen LogP contribution in [-0.2, 0) is 6.54 Å². The van der Waals surface area contributed by atoms with Crippen molar-refractivity contribution in [3.63, 3.8) is 0 Å². The molecule has 0 aliphatic carbocycles. The van der Waals surface area contributed by atoms with Gasteiger partial charge in [-0.3, -0.25) is 4.98 Å². The first kappa shape index (κ1) is 19.0. The molecule has 1 unspecified atom stereocenters. The molecule has 1 atom stereocenters. The summed E-state index contributed by atoms with van der Waals surface area (Å²) in [6.07, 6.45) is 3.32. The number of aromatic nitrogens is 1. The molecule has 0 spiro atoms. The van der Waals surface area contributed by atoms with Gasteiger partial charge in [-0.05, 0) is 24.6 Å². The second kappa shape index (κ2) is 12.1. The number of nitrogens with one attached hydrogen (secondary N) is 2. The van der Waals surface area contributed by atoms with Crippen LogP contribution in [0.25, 0.3) is 0 Å². The molecule has 0 saturated carbocycles. The first-order chi connectivity index (χ1) is 7.29. The van der Waals surface area contributed by atoms with Gasteiger partial charge in [-0.25, -0.2) is 0 Å². The molecule has 100 valence electrons. The van der Waals surface area contributed by atoms with Gasteiger partial charge in [-0.2, -0.15) is 0 Å². The third kappa shape index (κ3) is 10.5. The number of aliphatic hydroxyl groups is 1. The summed E-state index contributed by atoms with van der Waals surface area (Å²) in [6, 6.07) is 3.99. The van der Waals surface area contributed by atoms with E-state index in [1.807, 2.05) is 12.1 Å². The Morgan fingerprint density at radius 2 is 1.76 bits per heavy atom. The Hall–Kier alpha value is -0.390. The van der Waals surface area contributed by atoms with E-state index in [1.54, 1.807) is 19.3 Å². The predicted octanol–water partition coefficient (Wildman–Crippen LogP) is 0.985. The van der Waals surface area contributed by atoms with Crippen LogP contribution in [-0.4, -0.2) is 35.8 Å². The van der Waals surface area contributed by atoms with Crippen molar-refractivity contribution in [1.29, 1.82) is 0 Å². The van der Waals surface area contributed by atoms with E-state index in [1.165, 1.54) is 5.56 Å². The topological polar surface area (TPSA) is 57.2 Å². The molecule has 0 fully saturated rings. The maximum absolute atomic E-state index is 9.00. The molecule has 0 amide bonds. The molecule has 0 aliphatic rings. The zero-order valence-corrected chi connectivity index (χ0v) is 11.6. The van der Waals surface area contributed by atoms with E-state index in [9.17, 15) is 0 Å². The largest absolute Gasteiger partial charge is 0.392 e. The molecule has 0 saturated heterocycles. The summed E-state index contributed by atoms with van der Waals surface area (Å²) in [5.41, 5.74) is 1.24. The van der Waals surface area contributed by atoms with Gasteiger partial charge in [0.05, 0.1) is 6.10 Å². The summed E-state index contributed by atoms with van der Waals surface area (Å²) in [5, 5.41) is 15.4. The lowest BCUT2D eigenvalue weighted by Gasteiger charge is -2.07. The Morgan fingerprint density at radius 3 is 2.35 bits per heavy atom. The molecule has 0 aliphatic heterocycles. The van der Waals surface area contributed by atoms with Gasteiger partial charge in [0.15, 0.2) is 0 Å². The summed E-state index contributed by atoms with van der Waals surface area (Å²) in [4.78, 5) is 3.95. The minimum atomic E-state index is -0.273. The highest BCUT2D eigenvalue weighted by Gasteiger charge is 1.94. The van der Waals surface area contributed by atoms with Crippen molar-refractivity contribution in [1.82, 2.24) is 15.6 Å². The van der Waals surface area contributed by atoms with Gasteiger partial charge in [-0.1, -0.05) is 0 Å². The molecule has 4 nitrogen and oxygen atoms in total. The zero-order valence-electron chi connectivity index (χ0n) is 9.93. The second-order valence-corrected chi connectivity index (χ2v) is 3.59. The van der Waals surface area contributed by atoms with E-state index < -0.39 is 0 Å². The van der Waals surface area contributed by atoms with Crippen LogP contribution in [0.5, 0.6) is 0 Å². The molecule has 1 rings (SSSR count). The van der Waals surface area contributed by atoms with Gasteiger partial charge < -0.3 is 15.7 Å². The number of nitrogens with zero attached hydrogens (tertiary/aromatic N) is 1. The highest BCUT2D eigenvalue weighted by Crippen LogP contribution is 1.93. The van der Waals surface area contributed by atoms with Crippen LogP contribution in [0.15, 0.2) is 24.5 Å². The van der Waals surface area contributed by atoms with Crippen LogP contribution in [0, 0.1) is 0 Å². The molecule has 0 radical (unpaired) electrons. The van der Waals surface area contributed by atoms with Crippen LogP contribution in [0.2, 0.25) is 0 Å². The summed E-state index contributed by atoms with van der Waals surface area (Å²) in [7, 11) is 0. The fourth-order valence-corrected chi connectivity index (χ4v) is 1.22. The Kier molecular flexibility index (Phi) is 13.5. The minimum absolute atomic E-state index is 0. The standard InChI is InChI=1S/C11H19N3O.2ClH/c1-10(15)8-13-6-7-14-9-11-2-4-12-5-3-11;;/h2-5,10,13-15H,6-9H2,1H3;2*1H. The maximum Gasteiger partial charge on any atom is 0.0636 e. The second-order valence-electron chi connectivity index (χ2n) is 3.59. The lowest BCUT2D eigenvalue weighted by Crippen LogP contribution is -2.31. The van der Waals surface area contributed by atoms with Crippen LogP contribution in [0.3, 0.4) is 0 Å². The normalized spacial score (nSPS) is 11.2. The van der Waals surface area contributed by atoms with Gasteiger partial charge in [0.2, 0.25) is 0 Å². The number of hydrogen-bond donors (Lipinski definition) is 3. The minimum Gasteiger partial charge on any atom is -0.392 e. The molecule has 6 heteroatoms. The number of rotatable bonds is 7. The van der Waals surface area contributed by atoms with Gasteiger partial charge in [0, 0.05) is 38.6 Å². The van der Waals surface area contributed by atoms with Gasteiger partial charge in [0.1, 0.15) is 0 Å². The highest BCUT2D eigenvalue weighted by molar-refractivity contribution is 5.85. The van der Waals surface area contributed by atoms with Gasteiger partial charge in [-0.15, -0.1) is 24.8 Å². The third-order valence-electron chi connectivity index (χ3n) is 2.00. The SMILES string of the molecule is CC(O)CNCCNCc1ccncc1.Cl.Cl. The molecule has 3 N–H and O–H groups in total. The molecule has 0 bridgehead atoms. The van der Waals surface area contributed by atoms with Crippen molar-refractivity contribution in [3.8, 4) is 0 Å². The molecule has 17 heavy (non-hydrogen) atoms. The summed E-state index contributed by atoms with van der Waals surface area (Å²) >= 11 is 0. The smallest absolute Gasteiger partial charge is 0.0636 e. The first-order valence-electron chi connectivity index (χ1n) is 5.27. The van der Waals surface area contributed by atoms with E-state index in [0.717, 1.165) is 19.6 Å². The van der Waals surface area contributed by atoms with E-state index >= 15 is 0 Å². The van der Waals surface area contributed by atoms with Crippen LogP contribution >= 0.6 is 24.8 Å². The lowest BCUT2D eigenvalue weighted by atomic mass is 10.3. The van der Waals surface area contributed by atoms with E-state index in [0.29, 0.717) is 6.54 Å². The van der Waals surface area contributed by atoms with E-state index in [4.69, 9.17) is 5.11 Å². The van der Waals surface area contributed by atoms with Crippen molar-refractivity contribution in [2.45, 2.75) is 19.6 Å². The number of pyridine rings is 1. The molecular formula is C11H21Cl2N3O. The summed E-state index contributed by atoms with van der Waals surface area (Å²) in [5.74, 6) is 0. The third-order valence-corrected chi connectivity index (χ3v) is 2.00. The number of hydrogen-bond acceptors (Lipinski definition) is 4. The number of halogens is 2. The molecule has 0 aromatic carbocycles. The van der Waals surface area contributed by atoms with Crippen molar-refractivity contribution in [2.75, 3.05) is 19.6 Å². The molecule has 1 heterocycles. The van der Waals surface area contributed by atoms with Crippen molar-refractivity contribution < 1.29 is 5.11 Å². The quantitative estimate of drug-likeness (QED) is 0.653. The Labute approximate surface area is 115 Å². The molecular weight excluding hydrogens is 261 g/mol. The van der Waals surface area contributed by atoms with Crippen molar-refractivity contribution in [3.05, 3.63) is 30.1 Å². The highest BCUT2D eigenvalue weighted by atomic mass is 35.5. The zero-order chi connectivity index (χ0) is 10.9. The first-order valence-corrected chi connectivity index (χ1v) is 5.27. The summed E-state index contributed by atoms with van der Waals surface area (Å²) in [6.45, 7) is 5.05. The molecule has 1 aromatic rings. The predicted molar refractivity (Wildman–Crippen MR) is 75.0 cm³/mol. The lowest BCUT2D eigenvalue weighted by molar-refractivity contribution is 0.191. The van der Waals surface area contributed by atoms with E-state index in [-0.39, 0.29) is 30.9 Å². The van der Waals surface area contributed by atoms with Crippen LogP contribution in [0.1, 0.15) is 12.5 Å². The molecule has 1 aromatic heterocycles. The van der Waals surface area contributed by atoms with Crippen LogP contribution < -0.4 is 10.6 Å². The van der Waals surface area contributed by atoms with Gasteiger partial charge >= 0.3 is 0 Å². The fraction of sp³-hybridized carbons (Fsp3) is 0.545. The maximum atomic E-state index is 9.00. The Morgan fingerprint density at radius 1 is 1.18 bits per heavy atom. The average Bonchev–Trinajstić information content (AvgIpc) is 2.24. The van der Waals surface area contributed by atoms with E-state index in [2.05, 4.69) is 15.6 Å². The van der Waals surface area contributed by atoms with Gasteiger partial charge in [0.25, 0.3) is 0 Å². The fourth-order valence-electron chi connectivity index (χ4n) is 1.22. The van der Waals surface area contributed by atoms with Crippen LogP contribution in [0.4, 0.5) is 0 Å². The average molecular weight is 282 g/mol. The van der Waals surface area contributed by atoms with Crippen molar-refractivity contribution >= 4 is 24.8 Å². The monoisotopic (exact) mass is 281 g/mol.